The van der Waals surface area contributed by atoms with Crippen LogP contribution in [0.5, 0.6) is 0 Å². The molecule has 0 saturated carbocycles. The van der Waals surface area contributed by atoms with Gasteiger partial charge in [0.25, 0.3) is 0 Å². The summed E-state index contributed by atoms with van der Waals surface area (Å²) in [6, 6.07) is 0. The Morgan fingerprint density at radius 1 is 1.90 bits per heavy atom. The van der Waals surface area contributed by atoms with Crippen molar-refractivity contribution in [3.63, 3.8) is 0 Å². The first-order valence-electron chi connectivity index (χ1n) is 2.65. The summed E-state index contributed by atoms with van der Waals surface area (Å²) in [7, 11) is 0. The minimum absolute atomic E-state index is 0.458. The van der Waals surface area contributed by atoms with E-state index in [2.05, 4.69) is 27.7 Å². The van der Waals surface area contributed by atoms with Crippen LogP contribution in [-0.2, 0) is 6.54 Å². The van der Waals surface area contributed by atoms with Crippen molar-refractivity contribution in [3.05, 3.63) is 16.0 Å². The predicted octanol–water partition coefficient (Wildman–Crippen LogP) is 0.774. The molecule has 2 N–H and O–H groups in total. The number of halogens is 1. The van der Waals surface area contributed by atoms with E-state index in [0.717, 1.165) is 3.57 Å². The van der Waals surface area contributed by atoms with Gasteiger partial charge in [-0.2, -0.15) is 5.10 Å². The number of thiocarbonyl (C=S) groups is 1. The van der Waals surface area contributed by atoms with Crippen LogP contribution in [0.4, 0.5) is 0 Å². The standard InChI is InChI=1S/C5H6IN3S/c6-4-1-8-9(2-4)3-5(7)10/h1-2H,3H2,(H2,7,10). The molecule has 0 aliphatic carbocycles. The van der Waals surface area contributed by atoms with Gasteiger partial charge in [0.2, 0.25) is 0 Å². The van der Waals surface area contributed by atoms with Gasteiger partial charge in [-0.15, -0.1) is 0 Å². The lowest BCUT2D eigenvalue weighted by molar-refractivity contribution is 0.725. The van der Waals surface area contributed by atoms with Crippen molar-refractivity contribution in [2.24, 2.45) is 5.73 Å². The number of aromatic nitrogens is 2. The van der Waals surface area contributed by atoms with Crippen LogP contribution >= 0.6 is 34.8 Å². The first-order chi connectivity index (χ1) is 4.68. The molecule has 0 bridgehead atoms. The van der Waals surface area contributed by atoms with Gasteiger partial charge in [0.1, 0.15) is 0 Å². The van der Waals surface area contributed by atoms with Crippen molar-refractivity contribution in [2.45, 2.75) is 6.54 Å². The number of hydrogen-bond acceptors (Lipinski definition) is 2. The Labute approximate surface area is 77.7 Å². The quantitative estimate of drug-likeness (QED) is 0.636. The van der Waals surface area contributed by atoms with Crippen molar-refractivity contribution < 1.29 is 0 Å². The highest BCUT2D eigenvalue weighted by atomic mass is 127. The lowest BCUT2D eigenvalue weighted by Crippen LogP contribution is -2.16. The maximum Gasteiger partial charge on any atom is 0.0945 e. The third kappa shape index (κ3) is 2.22. The predicted molar refractivity (Wildman–Crippen MR) is 51.7 cm³/mol. The van der Waals surface area contributed by atoms with Gasteiger partial charge in [0, 0.05) is 6.20 Å². The summed E-state index contributed by atoms with van der Waals surface area (Å²) in [5.41, 5.74) is 5.30. The number of rotatable bonds is 2. The normalized spacial score (nSPS) is 9.70. The average molecular weight is 267 g/mol. The molecule has 3 nitrogen and oxygen atoms in total. The number of nitrogens with two attached hydrogens (primary N) is 1. The van der Waals surface area contributed by atoms with Gasteiger partial charge in [-0.1, -0.05) is 12.2 Å². The topological polar surface area (TPSA) is 43.8 Å². The molecule has 5 heteroatoms. The summed E-state index contributed by atoms with van der Waals surface area (Å²) < 4.78 is 2.80. The van der Waals surface area contributed by atoms with E-state index in [1.54, 1.807) is 10.9 Å². The second kappa shape index (κ2) is 3.29. The number of nitrogens with zero attached hydrogens (tertiary/aromatic N) is 2. The lowest BCUT2D eigenvalue weighted by Gasteiger charge is -1.95. The monoisotopic (exact) mass is 267 g/mol. The van der Waals surface area contributed by atoms with Crippen LogP contribution in [-0.4, -0.2) is 14.8 Å². The van der Waals surface area contributed by atoms with Crippen LogP contribution in [0.25, 0.3) is 0 Å². The molecule has 0 fully saturated rings. The third-order valence-electron chi connectivity index (χ3n) is 0.920. The fourth-order valence-electron chi connectivity index (χ4n) is 0.584. The van der Waals surface area contributed by atoms with Crippen molar-refractivity contribution in [1.82, 2.24) is 9.78 Å². The molecule has 0 radical (unpaired) electrons. The molecule has 0 spiro atoms. The zero-order valence-corrected chi connectivity index (χ0v) is 8.09. The molecule has 1 aromatic heterocycles. The van der Waals surface area contributed by atoms with E-state index in [9.17, 15) is 0 Å². The Hall–Kier alpha value is -0.170. The van der Waals surface area contributed by atoms with Crippen LogP contribution in [0.15, 0.2) is 12.4 Å². The molecule has 1 heterocycles. The van der Waals surface area contributed by atoms with Crippen LogP contribution in [0, 0.1) is 3.57 Å². The second-order valence-electron chi connectivity index (χ2n) is 1.82. The summed E-state index contributed by atoms with van der Waals surface area (Å²) in [6.07, 6.45) is 3.65. The summed E-state index contributed by atoms with van der Waals surface area (Å²) >= 11 is 6.88. The van der Waals surface area contributed by atoms with E-state index in [1.165, 1.54) is 0 Å². The summed E-state index contributed by atoms with van der Waals surface area (Å²) in [5.74, 6) is 0. The zero-order valence-electron chi connectivity index (χ0n) is 5.12. The molecule has 0 saturated heterocycles. The molecule has 0 atom stereocenters. The van der Waals surface area contributed by atoms with Gasteiger partial charge in [-0.25, -0.2) is 0 Å². The van der Waals surface area contributed by atoms with Crippen molar-refractivity contribution in [1.29, 1.82) is 0 Å². The zero-order chi connectivity index (χ0) is 7.56. The Kier molecular flexibility index (Phi) is 2.61. The molecule has 0 amide bonds. The van der Waals surface area contributed by atoms with Gasteiger partial charge < -0.3 is 5.73 Å². The maximum absolute atomic E-state index is 5.30. The highest BCUT2D eigenvalue weighted by molar-refractivity contribution is 14.1. The van der Waals surface area contributed by atoms with Gasteiger partial charge in [-0.05, 0) is 22.6 Å². The summed E-state index contributed by atoms with van der Waals surface area (Å²) in [6.45, 7) is 0.526. The molecule has 1 aromatic rings. The highest BCUT2D eigenvalue weighted by Crippen LogP contribution is 2.00. The molecular formula is C5H6IN3S. The molecule has 1 rings (SSSR count). The molecule has 10 heavy (non-hydrogen) atoms. The molecule has 0 unspecified atom stereocenters. The number of hydrogen-bond donors (Lipinski definition) is 1. The SMILES string of the molecule is NC(=S)Cn1cc(I)cn1. The Bertz CT molecular complexity index is 245. The van der Waals surface area contributed by atoms with Crippen molar-refractivity contribution in [2.75, 3.05) is 0 Å². The van der Waals surface area contributed by atoms with Crippen LogP contribution in [0.1, 0.15) is 0 Å². The minimum atomic E-state index is 0.458. The van der Waals surface area contributed by atoms with Crippen molar-refractivity contribution in [3.8, 4) is 0 Å². The summed E-state index contributed by atoms with van der Waals surface area (Å²) in [4.78, 5) is 0.458. The maximum atomic E-state index is 5.30. The Morgan fingerprint density at radius 3 is 3.00 bits per heavy atom. The van der Waals surface area contributed by atoms with Gasteiger partial charge in [0.15, 0.2) is 0 Å². The van der Waals surface area contributed by atoms with Gasteiger partial charge in [0.05, 0.1) is 21.3 Å². The Balaban J connectivity index is 2.67. The van der Waals surface area contributed by atoms with Gasteiger partial charge >= 0.3 is 0 Å². The first-order valence-corrected chi connectivity index (χ1v) is 4.13. The van der Waals surface area contributed by atoms with Gasteiger partial charge in [-0.3, -0.25) is 4.68 Å². The van der Waals surface area contributed by atoms with E-state index in [4.69, 9.17) is 18.0 Å². The molecule has 0 aromatic carbocycles. The molecule has 0 aliphatic rings. The van der Waals surface area contributed by atoms with Crippen LogP contribution in [0.3, 0.4) is 0 Å². The fourth-order valence-corrected chi connectivity index (χ4v) is 1.16. The van der Waals surface area contributed by atoms with E-state index < -0.39 is 0 Å². The third-order valence-corrected chi connectivity index (χ3v) is 1.61. The smallest absolute Gasteiger partial charge is 0.0945 e. The fraction of sp³-hybridized carbons (Fsp3) is 0.200. The van der Waals surface area contributed by atoms with E-state index in [-0.39, 0.29) is 0 Å². The highest BCUT2D eigenvalue weighted by Gasteiger charge is 1.94. The average Bonchev–Trinajstić information content (AvgIpc) is 2.13. The summed E-state index contributed by atoms with van der Waals surface area (Å²) in [5, 5.41) is 4.00. The minimum Gasteiger partial charge on any atom is -0.392 e. The van der Waals surface area contributed by atoms with E-state index in [1.807, 2.05) is 6.20 Å². The van der Waals surface area contributed by atoms with Crippen molar-refractivity contribution >= 4 is 39.8 Å². The van der Waals surface area contributed by atoms with E-state index in [0.29, 0.717) is 11.5 Å². The van der Waals surface area contributed by atoms with Crippen LogP contribution < -0.4 is 5.73 Å². The Morgan fingerprint density at radius 2 is 2.60 bits per heavy atom. The first kappa shape index (κ1) is 7.93. The molecule has 54 valence electrons. The van der Waals surface area contributed by atoms with E-state index >= 15 is 0 Å². The lowest BCUT2D eigenvalue weighted by atomic mass is 10.6. The van der Waals surface area contributed by atoms with Crippen LogP contribution in [0.2, 0.25) is 0 Å². The largest absolute Gasteiger partial charge is 0.392 e. The second-order valence-corrected chi connectivity index (χ2v) is 3.59. The molecule has 0 aliphatic heterocycles. The molecular weight excluding hydrogens is 261 g/mol.